The van der Waals surface area contributed by atoms with Crippen LogP contribution in [0.3, 0.4) is 0 Å². The summed E-state index contributed by atoms with van der Waals surface area (Å²) in [6.07, 6.45) is 1.76. The Kier molecular flexibility index (Phi) is 4.40. The first-order valence-corrected chi connectivity index (χ1v) is 7.11. The molecular formula is C16H21N3O2. The first-order valence-electron chi connectivity index (χ1n) is 7.11. The summed E-state index contributed by atoms with van der Waals surface area (Å²) in [5, 5.41) is 4.53. The van der Waals surface area contributed by atoms with Gasteiger partial charge in [0.1, 0.15) is 0 Å². The van der Waals surface area contributed by atoms with Gasteiger partial charge in [-0.2, -0.15) is 5.10 Å². The van der Waals surface area contributed by atoms with Crippen molar-refractivity contribution in [2.24, 2.45) is 0 Å². The standard InChI is InChI=1S/C16H21N3O2/c1-6-21-16(20)11(3)15-12(4)18-19(13(15)5)14-9-10(2)7-8-17-14/h7-9,11H,6H2,1-5H3. The monoisotopic (exact) mass is 287 g/mol. The Morgan fingerprint density at radius 3 is 2.71 bits per heavy atom. The van der Waals surface area contributed by atoms with Crippen molar-refractivity contribution in [2.75, 3.05) is 6.61 Å². The second-order valence-corrected chi connectivity index (χ2v) is 5.16. The molecule has 0 aliphatic carbocycles. The Morgan fingerprint density at radius 2 is 2.10 bits per heavy atom. The van der Waals surface area contributed by atoms with Crippen LogP contribution in [0.1, 0.15) is 42.3 Å². The number of aromatic nitrogens is 3. The molecule has 1 unspecified atom stereocenters. The fraction of sp³-hybridized carbons (Fsp3) is 0.438. The number of hydrogen-bond donors (Lipinski definition) is 0. The van der Waals surface area contributed by atoms with E-state index in [0.717, 1.165) is 28.3 Å². The molecule has 21 heavy (non-hydrogen) atoms. The first-order chi connectivity index (χ1) is 9.95. The molecule has 0 saturated heterocycles. The fourth-order valence-corrected chi connectivity index (χ4v) is 2.53. The highest BCUT2D eigenvalue weighted by Gasteiger charge is 2.24. The minimum absolute atomic E-state index is 0.222. The number of pyridine rings is 1. The number of esters is 1. The minimum atomic E-state index is -0.330. The van der Waals surface area contributed by atoms with Gasteiger partial charge >= 0.3 is 5.97 Å². The van der Waals surface area contributed by atoms with Gasteiger partial charge in [0.25, 0.3) is 0 Å². The second kappa shape index (κ2) is 6.08. The number of aryl methyl sites for hydroxylation is 2. The smallest absolute Gasteiger partial charge is 0.313 e. The molecule has 0 spiro atoms. The van der Waals surface area contributed by atoms with Crippen molar-refractivity contribution in [3.8, 4) is 5.82 Å². The number of nitrogens with zero attached hydrogens (tertiary/aromatic N) is 3. The van der Waals surface area contributed by atoms with Crippen molar-refractivity contribution < 1.29 is 9.53 Å². The molecule has 2 aromatic heterocycles. The van der Waals surface area contributed by atoms with E-state index in [2.05, 4.69) is 10.1 Å². The van der Waals surface area contributed by atoms with Crippen LogP contribution in [-0.4, -0.2) is 27.3 Å². The average Bonchev–Trinajstić information content (AvgIpc) is 2.73. The molecule has 5 heteroatoms. The van der Waals surface area contributed by atoms with Crippen molar-refractivity contribution in [1.29, 1.82) is 0 Å². The second-order valence-electron chi connectivity index (χ2n) is 5.16. The molecule has 0 aliphatic rings. The molecule has 2 aromatic rings. The van der Waals surface area contributed by atoms with Crippen LogP contribution in [0.5, 0.6) is 0 Å². The average molecular weight is 287 g/mol. The van der Waals surface area contributed by atoms with Crippen LogP contribution in [0.4, 0.5) is 0 Å². The van der Waals surface area contributed by atoms with E-state index in [1.165, 1.54) is 0 Å². The van der Waals surface area contributed by atoms with E-state index in [4.69, 9.17) is 4.74 Å². The first kappa shape index (κ1) is 15.2. The Labute approximate surface area is 125 Å². The summed E-state index contributed by atoms with van der Waals surface area (Å²) < 4.78 is 6.90. The maximum atomic E-state index is 12.0. The molecular weight excluding hydrogens is 266 g/mol. The third kappa shape index (κ3) is 2.96. The van der Waals surface area contributed by atoms with Gasteiger partial charge < -0.3 is 4.74 Å². The molecule has 0 radical (unpaired) electrons. The van der Waals surface area contributed by atoms with E-state index in [9.17, 15) is 4.79 Å². The van der Waals surface area contributed by atoms with E-state index in [-0.39, 0.29) is 11.9 Å². The number of carbonyl (C=O) groups excluding carboxylic acids is 1. The summed E-state index contributed by atoms with van der Waals surface area (Å²) in [5.41, 5.74) is 3.78. The highest BCUT2D eigenvalue weighted by molar-refractivity contribution is 5.78. The quantitative estimate of drug-likeness (QED) is 0.811. The van der Waals surface area contributed by atoms with Crippen molar-refractivity contribution in [3.05, 3.63) is 40.8 Å². The summed E-state index contributed by atoms with van der Waals surface area (Å²) in [7, 11) is 0. The zero-order valence-electron chi connectivity index (χ0n) is 13.2. The van der Waals surface area contributed by atoms with Gasteiger partial charge in [0, 0.05) is 17.5 Å². The zero-order valence-corrected chi connectivity index (χ0v) is 13.2. The maximum Gasteiger partial charge on any atom is 0.313 e. The number of ether oxygens (including phenoxy) is 1. The van der Waals surface area contributed by atoms with E-state index >= 15 is 0 Å². The number of rotatable bonds is 4. The number of carbonyl (C=O) groups is 1. The SMILES string of the molecule is CCOC(=O)C(C)c1c(C)nn(-c2cc(C)ccn2)c1C. The summed E-state index contributed by atoms with van der Waals surface area (Å²) >= 11 is 0. The van der Waals surface area contributed by atoms with Crippen LogP contribution in [0.15, 0.2) is 18.3 Å². The lowest BCUT2D eigenvalue weighted by Crippen LogP contribution is -2.14. The normalized spacial score (nSPS) is 12.2. The van der Waals surface area contributed by atoms with Gasteiger partial charge in [-0.25, -0.2) is 9.67 Å². The molecule has 2 rings (SSSR count). The predicted molar refractivity (Wildman–Crippen MR) is 80.6 cm³/mol. The Balaban J connectivity index is 2.45. The van der Waals surface area contributed by atoms with Gasteiger partial charge in [0.2, 0.25) is 0 Å². The highest BCUT2D eigenvalue weighted by Crippen LogP contribution is 2.26. The Morgan fingerprint density at radius 1 is 1.38 bits per heavy atom. The van der Waals surface area contributed by atoms with E-state index in [0.29, 0.717) is 6.61 Å². The molecule has 0 aliphatic heterocycles. The summed E-state index contributed by atoms with van der Waals surface area (Å²) in [6.45, 7) is 9.92. The minimum Gasteiger partial charge on any atom is -0.466 e. The lowest BCUT2D eigenvalue weighted by atomic mass is 9.99. The fourth-order valence-electron chi connectivity index (χ4n) is 2.53. The lowest BCUT2D eigenvalue weighted by Gasteiger charge is -2.11. The predicted octanol–water partition coefficient (Wildman–Crippen LogP) is 2.86. The molecule has 2 heterocycles. The van der Waals surface area contributed by atoms with Gasteiger partial charge in [-0.3, -0.25) is 4.79 Å². The van der Waals surface area contributed by atoms with Gasteiger partial charge in [-0.1, -0.05) is 0 Å². The third-order valence-electron chi connectivity index (χ3n) is 3.54. The summed E-state index contributed by atoms with van der Waals surface area (Å²) in [4.78, 5) is 16.3. The topological polar surface area (TPSA) is 57.0 Å². The van der Waals surface area contributed by atoms with Crippen LogP contribution in [0.25, 0.3) is 5.82 Å². The van der Waals surface area contributed by atoms with Gasteiger partial charge in [0.05, 0.1) is 18.2 Å². The van der Waals surface area contributed by atoms with Crippen molar-refractivity contribution in [1.82, 2.24) is 14.8 Å². The van der Waals surface area contributed by atoms with Crippen LogP contribution in [0.2, 0.25) is 0 Å². The van der Waals surface area contributed by atoms with Crippen LogP contribution in [-0.2, 0) is 9.53 Å². The largest absolute Gasteiger partial charge is 0.466 e. The molecule has 0 saturated carbocycles. The Bertz CT molecular complexity index is 662. The molecule has 0 fully saturated rings. The summed E-state index contributed by atoms with van der Waals surface area (Å²) in [5.74, 6) is 0.210. The maximum absolute atomic E-state index is 12.0. The zero-order chi connectivity index (χ0) is 15.6. The molecule has 0 aromatic carbocycles. The molecule has 5 nitrogen and oxygen atoms in total. The van der Waals surface area contributed by atoms with Gasteiger partial charge in [-0.15, -0.1) is 0 Å². The molecule has 0 amide bonds. The van der Waals surface area contributed by atoms with Crippen molar-refractivity contribution in [3.63, 3.8) is 0 Å². The van der Waals surface area contributed by atoms with Gasteiger partial charge in [-0.05, 0) is 52.3 Å². The van der Waals surface area contributed by atoms with Crippen LogP contribution >= 0.6 is 0 Å². The third-order valence-corrected chi connectivity index (χ3v) is 3.54. The van der Waals surface area contributed by atoms with Crippen molar-refractivity contribution in [2.45, 2.75) is 40.5 Å². The summed E-state index contributed by atoms with van der Waals surface area (Å²) in [6, 6.07) is 3.91. The van der Waals surface area contributed by atoms with E-state index in [1.807, 2.05) is 46.8 Å². The van der Waals surface area contributed by atoms with E-state index < -0.39 is 0 Å². The molecule has 0 bridgehead atoms. The van der Waals surface area contributed by atoms with Gasteiger partial charge in [0.15, 0.2) is 5.82 Å². The lowest BCUT2D eigenvalue weighted by molar-refractivity contribution is -0.144. The molecule has 112 valence electrons. The molecule has 1 atom stereocenters. The van der Waals surface area contributed by atoms with Crippen LogP contribution < -0.4 is 0 Å². The highest BCUT2D eigenvalue weighted by atomic mass is 16.5. The Hall–Kier alpha value is -2.17. The number of hydrogen-bond acceptors (Lipinski definition) is 4. The van der Waals surface area contributed by atoms with E-state index in [1.54, 1.807) is 10.9 Å². The molecule has 0 N–H and O–H groups in total. The van der Waals surface area contributed by atoms with Crippen LogP contribution in [0, 0.1) is 20.8 Å². The van der Waals surface area contributed by atoms with Crippen molar-refractivity contribution >= 4 is 5.97 Å².